The third kappa shape index (κ3) is 8.34. The maximum atomic E-state index is 12.8. The first-order valence-corrected chi connectivity index (χ1v) is 11.7. The number of carbonyl (C=O) groups is 3. The molecule has 2 rings (SSSR count). The van der Waals surface area contributed by atoms with Crippen LogP contribution in [-0.4, -0.2) is 30.0 Å². The van der Waals surface area contributed by atoms with E-state index in [0.717, 1.165) is 22.6 Å². The number of unbranched alkanes of at least 4 members (excludes halogenated alkanes) is 1. The smallest absolute Gasteiger partial charge is 0.348 e. The summed E-state index contributed by atoms with van der Waals surface area (Å²) in [6.07, 6.45) is 3.57. The van der Waals surface area contributed by atoms with Gasteiger partial charge in [0.25, 0.3) is 0 Å². The van der Waals surface area contributed by atoms with Crippen molar-refractivity contribution < 1.29 is 24.0 Å². The first-order valence-electron chi connectivity index (χ1n) is 10.8. The summed E-state index contributed by atoms with van der Waals surface area (Å²) in [5.74, 6) is -1.48. The summed E-state index contributed by atoms with van der Waals surface area (Å²) in [6, 6.07) is 16.3. The average Bonchev–Trinajstić information content (AvgIpc) is 2.83. The third-order valence-electron chi connectivity index (χ3n) is 4.47. The molecule has 0 radical (unpaired) electrons. The number of Topliss-reactive ketones (excluding diaryl/α,β-unsaturated/α-hetero) is 1. The topological polar surface area (TPSA) is 106 Å². The van der Waals surface area contributed by atoms with Crippen molar-refractivity contribution in [1.82, 2.24) is 0 Å². The number of nitrogens with zero attached hydrogens (tertiary/aromatic N) is 2. The van der Waals surface area contributed by atoms with E-state index >= 15 is 0 Å². The van der Waals surface area contributed by atoms with Crippen molar-refractivity contribution in [2.75, 3.05) is 6.61 Å². The summed E-state index contributed by atoms with van der Waals surface area (Å²) >= 11 is 1.50. The van der Waals surface area contributed by atoms with Gasteiger partial charge in [0.1, 0.15) is 17.4 Å². The molecule has 0 N–H and O–H groups in total. The van der Waals surface area contributed by atoms with Crippen LogP contribution in [0.5, 0.6) is 0 Å². The van der Waals surface area contributed by atoms with Crippen LogP contribution in [-0.2, 0) is 19.2 Å². The summed E-state index contributed by atoms with van der Waals surface area (Å²) in [5.41, 5.74) is 1.34. The molecule has 0 aromatic heterocycles. The van der Waals surface area contributed by atoms with Crippen LogP contribution < -0.4 is 0 Å². The van der Waals surface area contributed by atoms with Crippen LogP contribution in [0.25, 0.3) is 6.08 Å². The standard InChI is InChI=1S/C26H26N2O5S/c1-4-6-7-24(28-33-18(3)29)25(30)20-10-14-23(15-11-20)34-22-12-8-19(9-13-22)16-21(17-27)26(31)32-5-2/h8-16H,4-7H2,1-3H3. The minimum absolute atomic E-state index is 0.0574. The molecule has 7 nitrogen and oxygen atoms in total. The van der Waals surface area contributed by atoms with Crippen molar-refractivity contribution in [2.45, 2.75) is 49.8 Å². The van der Waals surface area contributed by atoms with Crippen molar-refractivity contribution in [2.24, 2.45) is 5.16 Å². The number of benzene rings is 2. The average molecular weight is 479 g/mol. The molecule has 0 saturated carbocycles. The van der Waals surface area contributed by atoms with Crippen LogP contribution in [0.2, 0.25) is 0 Å². The lowest BCUT2D eigenvalue weighted by Gasteiger charge is -2.07. The quantitative estimate of drug-likeness (QED) is 0.0787. The van der Waals surface area contributed by atoms with Gasteiger partial charge in [0, 0.05) is 22.3 Å². The maximum absolute atomic E-state index is 12.8. The monoisotopic (exact) mass is 478 g/mol. The molecule has 0 heterocycles. The predicted octanol–water partition coefficient (Wildman–Crippen LogP) is 5.60. The molecule has 2 aromatic rings. The minimum Gasteiger partial charge on any atom is -0.462 e. The van der Waals surface area contributed by atoms with E-state index in [1.807, 2.05) is 49.4 Å². The zero-order chi connectivity index (χ0) is 24.9. The molecular formula is C26H26N2O5S. The Hall–Kier alpha value is -3.70. The molecule has 2 aromatic carbocycles. The van der Waals surface area contributed by atoms with Gasteiger partial charge < -0.3 is 9.57 Å². The number of nitriles is 1. The van der Waals surface area contributed by atoms with Crippen LogP contribution in [0.3, 0.4) is 0 Å². The van der Waals surface area contributed by atoms with Gasteiger partial charge in [-0.3, -0.25) is 4.79 Å². The number of carbonyl (C=O) groups excluding carboxylic acids is 3. The lowest BCUT2D eigenvalue weighted by atomic mass is 10.0. The van der Waals surface area contributed by atoms with Crippen LogP contribution >= 0.6 is 11.8 Å². The van der Waals surface area contributed by atoms with Crippen LogP contribution in [0, 0.1) is 11.3 Å². The molecule has 0 spiro atoms. The van der Waals surface area contributed by atoms with E-state index in [9.17, 15) is 14.4 Å². The molecular weight excluding hydrogens is 452 g/mol. The summed E-state index contributed by atoms with van der Waals surface area (Å²) in [5, 5.41) is 12.9. The summed E-state index contributed by atoms with van der Waals surface area (Å²) in [6.45, 7) is 5.13. The van der Waals surface area contributed by atoms with Gasteiger partial charge in [0.05, 0.1) is 6.61 Å². The first kappa shape index (κ1) is 26.6. The molecule has 34 heavy (non-hydrogen) atoms. The second kappa shape index (κ2) is 13.8. The van der Waals surface area contributed by atoms with Crippen molar-refractivity contribution >= 4 is 41.3 Å². The SMILES string of the molecule is CCCCC(=NOC(C)=O)C(=O)c1ccc(Sc2ccc(C=C(C#N)C(=O)OCC)cc2)cc1. The Bertz CT molecular complexity index is 1110. The Morgan fingerprint density at radius 2 is 1.65 bits per heavy atom. The Kier molecular flexibility index (Phi) is 10.7. The number of ether oxygens (including phenoxy) is 1. The Morgan fingerprint density at radius 1 is 1.03 bits per heavy atom. The Morgan fingerprint density at radius 3 is 2.18 bits per heavy atom. The van der Waals surface area contributed by atoms with Gasteiger partial charge in [-0.05, 0) is 67.8 Å². The zero-order valence-corrected chi connectivity index (χ0v) is 20.2. The van der Waals surface area contributed by atoms with Gasteiger partial charge in [-0.1, -0.05) is 42.4 Å². The Balaban J connectivity index is 2.10. The summed E-state index contributed by atoms with van der Waals surface area (Å²) in [4.78, 5) is 42.2. The zero-order valence-electron chi connectivity index (χ0n) is 19.4. The van der Waals surface area contributed by atoms with Crippen molar-refractivity contribution in [3.63, 3.8) is 0 Å². The van der Waals surface area contributed by atoms with E-state index in [1.165, 1.54) is 24.8 Å². The van der Waals surface area contributed by atoms with Crippen LogP contribution in [0.1, 0.15) is 56.0 Å². The normalized spacial score (nSPS) is 11.5. The number of hydrogen-bond acceptors (Lipinski definition) is 8. The predicted molar refractivity (Wildman–Crippen MR) is 130 cm³/mol. The van der Waals surface area contributed by atoms with Gasteiger partial charge in [-0.15, -0.1) is 0 Å². The molecule has 0 unspecified atom stereocenters. The van der Waals surface area contributed by atoms with Gasteiger partial charge in [-0.25, -0.2) is 9.59 Å². The highest BCUT2D eigenvalue weighted by atomic mass is 32.2. The van der Waals surface area contributed by atoms with Crippen LogP contribution in [0.4, 0.5) is 0 Å². The number of rotatable bonds is 11. The maximum Gasteiger partial charge on any atom is 0.348 e. The third-order valence-corrected chi connectivity index (χ3v) is 5.49. The van der Waals surface area contributed by atoms with Gasteiger partial charge in [0.15, 0.2) is 0 Å². The molecule has 0 saturated heterocycles. The largest absolute Gasteiger partial charge is 0.462 e. The molecule has 176 valence electrons. The second-order valence-corrected chi connectivity index (χ2v) is 8.29. The van der Waals surface area contributed by atoms with Crippen molar-refractivity contribution in [3.8, 4) is 6.07 Å². The van der Waals surface area contributed by atoms with E-state index < -0.39 is 11.9 Å². The van der Waals surface area contributed by atoms with E-state index in [-0.39, 0.29) is 23.7 Å². The highest BCUT2D eigenvalue weighted by Gasteiger charge is 2.15. The molecule has 0 aliphatic rings. The van der Waals surface area contributed by atoms with Crippen molar-refractivity contribution in [1.29, 1.82) is 5.26 Å². The minimum atomic E-state index is -0.645. The number of oxime groups is 1. The first-order chi connectivity index (χ1) is 16.4. The molecule has 0 aliphatic carbocycles. The van der Waals surface area contributed by atoms with E-state index in [1.54, 1.807) is 19.1 Å². The van der Waals surface area contributed by atoms with Crippen LogP contribution in [0.15, 0.2) is 69.1 Å². The second-order valence-electron chi connectivity index (χ2n) is 7.14. The number of hydrogen-bond donors (Lipinski definition) is 0. The molecule has 0 atom stereocenters. The number of ketones is 1. The Labute approximate surface area is 203 Å². The molecule has 8 heteroatoms. The summed E-state index contributed by atoms with van der Waals surface area (Å²) in [7, 11) is 0. The lowest BCUT2D eigenvalue weighted by molar-refractivity contribution is -0.141. The lowest BCUT2D eigenvalue weighted by Crippen LogP contribution is -2.15. The fourth-order valence-electron chi connectivity index (χ4n) is 2.79. The molecule has 0 fully saturated rings. The van der Waals surface area contributed by atoms with E-state index in [0.29, 0.717) is 17.5 Å². The van der Waals surface area contributed by atoms with E-state index in [4.69, 9.17) is 10.00 Å². The fraction of sp³-hybridized carbons (Fsp3) is 0.269. The summed E-state index contributed by atoms with van der Waals surface area (Å²) < 4.78 is 4.87. The highest BCUT2D eigenvalue weighted by molar-refractivity contribution is 7.99. The number of esters is 1. The molecule has 0 aliphatic heterocycles. The van der Waals surface area contributed by atoms with Gasteiger partial charge >= 0.3 is 11.9 Å². The molecule has 0 amide bonds. The van der Waals surface area contributed by atoms with Gasteiger partial charge in [-0.2, -0.15) is 5.26 Å². The fourth-order valence-corrected chi connectivity index (χ4v) is 3.60. The molecule has 0 bridgehead atoms. The van der Waals surface area contributed by atoms with E-state index in [2.05, 4.69) is 9.99 Å². The highest BCUT2D eigenvalue weighted by Crippen LogP contribution is 2.28. The van der Waals surface area contributed by atoms with Gasteiger partial charge in [0.2, 0.25) is 5.78 Å². The van der Waals surface area contributed by atoms with Crippen molar-refractivity contribution in [3.05, 3.63) is 65.2 Å².